The number of pyridine rings is 1. The number of carbonyl (C=O) groups excluding carboxylic acids is 2. The van der Waals surface area contributed by atoms with E-state index in [0.29, 0.717) is 46.2 Å². The van der Waals surface area contributed by atoms with Gasteiger partial charge in [0.1, 0.15) is 11.5 Å². The Bertz CT molecular complexity index is 1420. The number of ether oxygens (including phenoxy) is 2. The van der Waals surface area contributed by atoms with Crippen LogP contribution in [-0.4, -0.2) is 40.8 Å². The Morgan fingerprint density at radius 2 is 1.93 bits per heavy atom. The zero-order chi connectivity index (χ0) is 28.7. The molecule has 3 atom stereocenters. The SMILES string of the molecule is CC(C)COC(=O)CCc1ccc(N2C(=O)[C@@H]3C[C@H]2C[C@H]3OCc2c(-c3c(Cl)cccc3Cl)noc2C2CC2)cn1. The summed E-state index contributed by atoms with van der Waals surface area (Å²) in [6.45, 7) is 4.71. The van der Waals surface area contributed by atoms with Gasteiger partial charge in [-0.05, 0) is 55.9 Å². The third-order valence-corrected chi connectivity index (χ3v) is 8.69. The first-order valence-corrected chi connectivity index (χ1v) is 15.0. The highest BCUT2D eigenvalue weighted by atomic mass is 35.5. The molecule has 3 fully saturated rings. The summed E-state index contributed by atoms with van der Waals surface area (Å²) in [5, 5.41) is 5.35. The lowest BCUT2D eigenvalue weighted by Gasteiger charge is -2.31. The lowest BCUT2D eigenvalue weighted by atomic mass is 10.0. The van der Waals surface area contributed by atoms with Gasteiger partial charge in [-0.2, -0.15) is 0 Å². The van der Waals surface area contributed by atoms with Crippen LogP contribution in [0.2, 0.25) is 10.0 Å². The van der Waals surface area contributed by atoms with Gasteiger partial charge >= 0.3 is 5.97 Å². The van der Waals surface area contributed by atoms with Gasteiger partial charge in [0.15, 0.2) is 0 Å². The standard InChI is InChI=1S/C31H33Cl2N3O5/c1-17(2)15-40-27(37)11-9-19-8-10-20(14-34-19)36-21-12-22(31(36)38)26(13-21)39-16-23-29(35-41-30(23)18-6-7-18)28-24(32)4-3-5-25(28)33/h3-5,8,10,14,17-18,21-22,26H,6-7,9,11-13,15-16H2,1-2H3/t21-,22+,26+/m0/s1. The molecular formula is C31H33Cl2N3O5. The predicted octanol–water partition coefficient (Wildman–Crippen LogP) is 6.76. The van der Waals surface area contributed by atoms with Crippen LogP contribution >= 0.6 is 23.2 Å². The second-order valence-electron chi connectivity index (χ2n) is 11.6. The van der Waals surface area contributed by atoms with E-state index in [1.807, 2.05) is 30.9 Å². The minimum absolute atomic E-state index is 0.0546. The van der Waals surface area contributed by atoms with E-state index in [1.54, 1.807) is 24.4 Å². The van der Waals surface area contributed by atoms with Crippen LogP contribution in [0.3, 0.4) is 0 Å². The Kier molecular flexibility index (Phi) is 8.07. The molecule has 3 aliphatic rings. The summed E-state index contributed by atoms with van der Waals surface area (Å²) in [7, 11) is 0. The molecule has 1 aliphatic heterocycles. The van der Waals surface area contributed by atoms with Gasteiger partial charge < -0.3 is 18.9 Å². The smallest absolute Gasteiger partial charge is 0.306 e. The molecule has 3 aromatic rings. The summed E-state index contributed by atoms with van der Waals surface area (Å²) in [6.07, 6.45) is 5.90. The van der Waals surface area contributed by atoms with Crippen molar-refractivity contribution in [2.24, 2.45) is 11.8 Å². The third-order valence-electron chi connectivity index (χ3n) is 8.06. The summed E-state index contributed by atoms with van der Waals surface area (Å²) in [5.41, 5.74) is 3.68. The van der Waals surface area contributed by atoms with Crippen molar-refractivity contribution < 1.29 is 23.6 Å². The van der Waals surface area contributed by atoms with Crippen LogP contribution in [0.4, 0.5) is 5.69 Å². The number of esters is 1. The van der Waals surface area contributed by atoms with E-state index in [-0.39, 0.29) is 43.0 Å². The normalized spacial score (nSPS) is 21.7. The first-order chi connectivity index (χ1) is 19.8. The molecule has 2 bridgehead atoms. The Morgan fingerprint density at radius 1 is 1.15 bits per heavy atom. The van der Waals surface area contributed by atoms with Crippen LogP contribution in [0.1, 0.15) is 68.9 Å². The number of fused-ring (bicyclic) bond motifs is 2. The quantitative estimate of drug-likeness (QED) is 0.225. The average molecular weight is 599 g/mol. The van der Waals surface area contributed by atoms with Gasteiger partial charge in [-0.1, -0.05) is 48.3 Å². The highest BCUT2D eigenvalue weighted by Gasteiger charge is 2.52. The number of amides is 1. The van der Waals surface area contributed by atoms with Gasteiger partial charge in [0, 0.05) is 35.2 Å². The number of anilines is 1. The van der Waals surface area contributed by atoms with Gasteiger partial charge in [-0.15, -0.1) is 0 Å². The summed E-state index contributed by atoms with van der Waals surface area (Å²) in [6, 6.07) is 9.21. The molecule has 2 aromatic heterocycles. The van der Waals surface area contributed by atoms with E-state index in [9.17, 15) is 9.59 Å². The maximum atomic E-state index is 13.4. The molecule has 1 amide bonds. The van der Waals surface area contributed by atoms with Crippen LogP contribution in [0, 0.1) is 11.8 Å². The number of aromatic nitrogens is 2. The molecule has 216 valence electrons. The number of nitrogens with zero attached hydrogens (tertiary/aromatic N) is 3. The molecule has 6 rings (SSSR count). The van der Waals surface area contributed by atoms with Crippen LogP contribution in [0.25, 0.3) is 11.3 Å². The molecule has 10 heteroatoms. The Balaban J connectivity index is 1.09. The second kappa shape index (κ2) is 11.7. The van der Waals surface area contributed by atoms with Gasteiger partial charge in [0.2, 0.25) is 5.91 Å². The molecule has 2 saturated carbocycles. The fourth-order valence-corrected chi connectivity index (χ4v) is 6.41. The lowest BCUT2D eigenvalue weighted by Crippen LogP contribution is -2.43. The molecule has 1 aromatic carbocycles. The maximum absolute atomic E-state index is 13.4. The maximum Gasteiger partial charge on any atom is 0.306 e. The number of hydrogen-bond acceptors (Lipinski definition) is 7. The molecule has 2 aliphatic carbocycles. The second-order valence-corrected chi connectivity index (χ2v) is 12.4. The predicted molar refractivity (Wildman–Crippen MR) is 155 cm³/mol. The van der Waals surface area contributed by atoms with E-state index in [0.717, 1.165) is 48.4 Å². The molecule has 0 unspecified atom stereocenters. The van der Waals surface area contributed by atoms with E-state index < -0.39 is 0 Å². The molecule has 0 spiro atoms. The topological polar surface area (TPSA) is 94.8 Å². The number of aryl methyl sites for hydroxylation is 1. The lowest BCUT2D eigenvalue weighted by molar-refractivity contribution is -0.144. The highest BCUT2D eigenvalue weighted by Crippen LogP contribution is 2.47. The fourth-order valence-electron chi connectivity index (χ4n) is 5.83. The summed E-state index contributed by atoms with van der Waals surface area (Å²) in [5.74, 6) is 1.08. The number of benzene rings is 1. The van der Waals surface area contributed by atoms with Crippen molar-refractivity contribution in [2.45, 2.75) is 77.0 Å². The van der Waals surface area contributed by atoms with Crippen molar-refractivity contribution in [3.63, 3.8) is 0 Å². The molecule has 3 heterocycles. The first-order valence-electron chi connectivity index (χ1n) is 14.3. The summed E-state index contributed by atoms with van der Waals surface area (Å²) >= 11 is 13.0. The zero-order valence-electron chi connectivity index (χ0n) is 23.1. The van der Waals surface area contributed by atoms with Crippen LogP contribution in [0.5, 0.6) is 0 Å². The highest BCUT2D eigenvalue weighted by molar-refractivity contribution is 6.39. The monoisotopic (exact) mass is 597 g/mol. The van der Waals surface area contributed by atoms with E-state index >= 15 is 0 Å². The van der Waals surface area contributed by atoms with Gasteiger partial charge in [0.25, 0.3) is 0 Å². The average Bonchev–Trinajstić information content (AvgIpc) is 3.46. The Labute approximate surface area is 249 Å². The van der Waals surface area contributed by atoms with Crippen LogP contribution < -0.4 is 4.90 Å². The van der Waals surface area contributed by atoms with Crippen molar-refractivity contribution in [2.75, 3.05) is 11.5 Å². The molecule has 8 nitrogen and oxygen atoms in total. The van der Waals surface area contributed by atoms with Crippen molar-refractivity contribution in [3.8, 4) is 11.3 Å². The number of hydrogen-bond donors (Lipinski definition) is 0. The largest absolute Gasteiger partial charge is 0.465 e. The number of piperidine rings is 1. The van der Waals surface area contributed by atoms with Crippen LogP contribution in [0.15, 0.2) is 41.1 Å². The number of rotatable bonds is 11. The van der Waals surface area contributed by atoms with Crippen LogP contribution in [-0.2, 0) is 32.1 Å². The van der Waals surface area contributed by atoms with Gasteiger partial charge in [0.05, 0.1) is 53.6 Å². The third kappa shape index (κ3) is 5.87. The molecule has 0 N–H and O–H groups in total. The van der Waals surface area contributed by atoms with Crippen molar-refractivity contribution in [1.29, 1.82) is 0 Å². The Hall–Kier alpha value is -2.94. The Morgan fingerprint density at radius 3 is 2.59 bits per heavy atom. The van der Waals surface area contributed by atoms with Crippen molar-refractivity contribution in [3.05, 3.63) is 63.6 Å². The van der Waals surface area contributed by atoms with E-state index in [1.165, 1.54) is 0 Å². The summed E-state index contributed by atoms with van der Waals surface area (Å²) in [4.78, 5) is 31.7. The molecule has 1 saturated heterocycles. The first kappa shape index (κ1) is 28.2. The van der Waals surface area contributed by atoms with E-state index in [2.05, 4.69) is 10.1 Å². The minimum atomic E-state index is -0.222. The summed E-state index contributed by atoms with van der Waals surface area (Å²) < 4.78 is 17.4. The van der Waals surface area contributed by atoms with Gasteiger partial charge in [-0.25, -0.2) is 0 Å². The minimum Gasteiger partial charge on any atom is -0.465 e. The van der Waals surface area contributed by atoms with Crippen molar-refractivity contribution >= 4 is 40.8 Å². The zero-order valence-corrected chi connectivity index (χ0v) is 24.7. The number of carbonyl (C=O) groups is 2. The molecule has 0 radical (unpaired) electrons. The number of halogens is 2. The van der Waals surface area contributed by atoms with E-state index in [4.69, 9.17) is 37.2 Å². The molecule has 41 heavy (non-hydrogen) atoms. The van der Waals surface area contributed by atoms with Gasteiger partial charge in [-0.3, -0.25) is 14.6 Å². The van der Waals surface area contributed by atoms with Crippen molar-refractivity contribution in [1.82, 2.24) is 10.1 Å². The molecular weight excluding hydrogens is 565 g/mol. The fraction of sp³-hybridized carbons (Fsp3) is 0.484.